The van der Waals surface area contributed by atoms with E-state index < -0.39 is 24.1 Å². The Morgan fingerprint density at radius 3 is 2.11 bits per heavy atom. The van der Waals surface area contributed by atoms with Crippen molar-refractivity contribution in [1.82, 2.24) is 0 Å². The molecule has 0 radical (unpaired) electrons. The van der Waals surface area contributed by atoms with Crippen molar-refractivity contribution in [2.24, 2.45) is 5.92 Å². The third-order valence-electron chi connectivity index (χ3n) is 2.48. The highest BCUT2D eigenvalue weighted by molar-refractivity contribution is 6.30. The van der Waals surface area contributed by atoms with Gasteiger partial charge in [0, 0.05) is 5.02 Å². The molecule has 1 unspecified atom stereocenters. The van der Waals surface area contributed by atoms with E-state index >= 15 is 0 Å². The monoisotopic (exact) mass is 286 g/mol. The molecule has 6 heteroatoms. The molecule has 19 heavy (non-hydrogen) atoms. The fourth-order valence-electron chi connectivity index (χ4n) is 1.27. The van der Waals surface area contributed by atoms with Crippen molar-refractivity contribution in [3.8, 4) is 0 Å². The van der Waals surface area contributed by atoms with Gasteiger partial charge in [0.15, 0.2) is 12.2 Å². The number of aliphatic hydroxyl groups excluding tert-OH is 2. The van der Waals surface area contributed by atoms with Crippen LogP contribution in [0.4, 0.5) is 0 Å². The van der Waals surface area contributed by atoms with Gasteiger partial charge in [-0.05, 0) is 23.6 Å². The zero-order valence-electron chi connectivity index (χ0n) is 10.5. The van der Waals surface area contributed by atoms with Crippen LogP contribution in [0, 0.1) is 5.92 Å². The molecule has 5 nitrogen and oxygen atoms in total. The number of rotatable bonds is 4. The van der Waals surface area contributed by atoms with Gasteiger partial charge in [-0.3, -0.25) is 0 Å². The number of carbonyl (C=O) groups is 2. The second-order valence-electron chi connectivity index (χ2n) is 4.38. The number of hydrogen-bond donors (Lipinski definition) is 2. The molecule has 0 aliphatic heterocycles. The van der Waals surface area contributed by atoms with Crippen molar-refractivity contribution in [1.29, 1.82) is 0 Å². The molecule has 0 spiro atoms. The van der Waals surface area contributed by atoms with Gasteiger partial charge in [-0.2, -0.15) is 0 Å². The maximum atomic E-state index is 11.5. The molecule has 0 bridgehead atoms. The lowest BCUT2D eigenvalue weighted by Gasteiger charge is -2.14. The minimum Gasteiger partial charge on any atom is -0.389 e. The van der Waals surface area contributed by atoms with Gasteiger partial charge in [-0.15, -0.1) is 0 Å². The highest BCUT2D eigenvalue weighted by atomic mass is 35.5. The van der Waals surface area contributed by atoms with Gasteiger partial charge in [-0.25, -0.2) is 9.59 Å². The summed E-state index contributed by atoms with van der Waals surface area (Å²) in [7, 11) is 0. The zero-order chi connectivity index (χ0) is 14.6. The predicted molar refractivity (Wildman–Crippen MR) is 68.4 cm³/mol. The minimum absolute atomic E-state index is 0.251. The van der Waals surface area contributed by atoms with Crippen molar-refractivity contribution >= 4 is 23.5 Å². The summed E-state index contributed by atoms with van der Waals surface area (Å²) in [6.45, 7) is 3.21. The highest BCUT2D eigenvalue weighted by Crippen LogP contribution is 2.18. The van der Waals surface area contributed by atoms with Crippen molar-refractivity contribution in [3.05, 3.63) is 34.9 Å². The lowest BCUT2D eigenvalue weighted by atomic mass is 10.1. The molecule has 0 saturated heterocycles. The van der Waals surface area contributed by atoms with Crippen LogP contribution in [0.2, 0.25) is 5.02 Å². The van der Waals surface area contributed by atoms with Crippen LogP contribution < -0.4 is 0 Å². The first kappa shape index (κ1) is 15.6. The van der Waals surface area contributed by atoms with E-state index in [9.17, 15) is 19.8 Å². The number of benzene rings is 1. The average Bonchev–Trinajstić information content (AvgIpc) is 2.37. The molecule has 104 valence electrons. The van der Waals surface area contributed by atoms with Crippen molar-refractivity contribution in [2.75, 3.05) is 0 Å². The molecular weight excluding hydrogens is 272 g/mol. The van der Waals surface area contributed by atoms with E-state index in [0.29, 0.717) is 5.02 Å². The van der Waals surface area contributed by atoms with Crippen LogP contribution in [0.15, 0.2) is 24.3 Å². The van der Waals surface area contributed by atoms with E-state index in [1.807, 2.05) is 0 Å². The van der Waals surface area contributed by atoms with Crippen LogP contribution in [-0.4, -0.2) is 28.3 Å². The Morgan fingerprint density at radius 1 is 1.11 bits per heavy atom. The van der Waals surface area contributed by atoms with Gasteiger partial charge in [-0.1, -0.05) is 37.6 Å². The van der Waals surface area contributed by atoms with Crippen LogP contribution in [0.3, 0.4) is 0 Å². The predicted octanol–water partition coefficient (Wildman–Crippen LogP) is 1.46. The number of ether oxygens (including phenoxy) is 1. The molecular formula is C13H15ClO5. The number of aliphatic hydroxyl groups is 2. The van der Waals surface area contributed by atoms with Crippen LogP contribution in [0.1, 0.15) is 25.5 Å². The first-order valence-corrected chi connectivity index (χ1v) is 6.08. The van der Waals surface area contributed by atoms with Crippen molar-refractivity contribution in [3.63, 3.8) is 0 Å². The molecule has 0 aromatic heterocycles. The molecule has 0 aliphatic rings. The second-order valence-corrected chi connectivity index (χ2v) is 4.82. The number of halogens is 1. The zero-order valence-corrected chi connectivity index (χ0v) is 11.3. The summed E-state index contributed by atoms with van der Waals surface area (Å²) >= 11 is 5.67. The molecule has 0 fully saturated rings. The third-order valence-corrected chi connectivity index (χ3v) is 2.74. The van der Waals surface area contributed by atoms with Crippen LogP contribution in [0.25, 0.3) is 0 Å². The Hall–Kier alpha value is -1.43. The lowest BCUT2D eigenvalue weighted by molar-refractivity contribution is -0.173. The number of esters is 2. The highest BCUT2D eigenvalue weighted by Gasteiger charge is 2.27. The van der Waals surface area contributed by atoms with E-state index in [2.05, 4.69) is 4.74 Å². The second kappa shape index (κ2) is 6.65. The molecule has 2 atom stereocenters. The third kappa shape index (κ3) is 4.31. The van der Waals surface area contributed by atoms with Gasteiger partial charge in [0.05, 0.1) is 0 Å². The van der Waals surface area contributed by atoms with Gasteiger partial charge in [0.25, 0.3) is 0 Å². The SMILES string of the molecule is CC(C)C(O)C(=O)OC(=O)[C@H](O)c1ccc(Cl)cc1. The summed E-state index contributed by atoms with van der Waals surface area (Å²) in [5.74, 6) is -2.59. The van der Waals surface area contributed by atoms with E-state index in [0.717, 1.165) is 0 Å². The molecule has 2 N–H and O–H groups in total. The summed E-state index contributed by atoms with van der Waals surface area (Å²) in [6, 6.07) is 5.88. The Bertz CT molecular complexity index is 455. The van der Waals surface area contributed by atoms with Gasteiger partial charge >= 0.3 is 11.9 Å². The summed E-state index contributed by atoms with van der Waals surface area (Å²) in [4.78, 5) is 22.9. The average molecular weight is 287 g/mol. The van der Waals surface area contributed by atoms with Crippen LogP contribution >= 0.6 is 11.6 Å². The first-order valence-electron chi connectivity index (χ1n) is 5.70. The molecule has 1 rings (SSSR count). The molecule has 1 aromatic rings. The van der Waals surface area contributed by atoms with E-state index in [1.165, 1.54) is 24.3 Å². The molecule has 0 aliphatic carbocycles. The van der Waals surface area contributed by atoms with Gasteiger partial charge in [0.1, 0.15) is 0 Å². The number of carbonyl (C=O) groups excluding carboxylic acids is 2. The van der Waals surface area contributed by atoms with E-state index in [-0.39, 0.29) is 11.5 Å². The van der Waals surface area contributed by atoms with Gasteiger partial charge in [0.2, 0.25) is 0 Å². The summed E-state index contributed by atoms with van der Waals surface area (Å²) in [5, 5.41) is 19.6. The van der Waals surface area contributed by atoms with E-state index in [1.54, 1.807) is 13.8 Å². The topological polar surface area (TPSA) is 83.8 Å². The first-order chi connectivity index (χ1) is 8.82. The van der Waals surface area contributed by atoms with Crippen LogP contribution in [-0.2, 0) is 14.3 Å². The quantitative estimate of drug-likeness (QED) is 0.647. The fraction of sp³-hybridized carbons (Fsp3) is 0.385. The van der Waals surface area contributed by atoms with Crippen molar-refractivity contribution in [2.45, 2.75) is 26.1 Å². The Balaban J connectivity index is 2.68. The molecule has 1 aromatic carbocycles. The fourth-order valence-corrected chi connectivity index (χ4v) is 1.39. The molecule has 0 heterocycles. The summed E-state index contributed by atoms with van der Waals surface area (Å²) in [6.07, 6.45) is -3.00. The Morgan fingerprint density at radius 2 is 1.63 bits per heavy atom. The number of hydrogen-bond acceptors (Lipinski definition) is 5. The normalized spacial score (nSPS) is 14.0. The van der Waals surface area contributed by atoms with Crippen LogP contribution in [0.5, 0.6) is 0 Å². The Labute approximate surface area is 115 Å². The maximum Gasteiger partial charge on any atom is 0.347 e. The largest absolute Gasteiger partial charge is 0.389 e. The lowest BCUT2D eigenvalue weighted by Crippen LogP contribution is -2.31. The standard InChI is InChI=1S/C13H15ClO5/c1-7(2)10(15)12(17)19-13(18)11(16)8-3-5-9(14)6-4-8/h3-7,10-11,15-16H,1-2H3/t10?,11-/m1/s1. The van der Waals surface area contributed by atoms with Gasteiger partial charge < -0.3 is 14.9 Å². The Kier molecular flexibility index (Phi) is 5.47. The summed E-state index contributed by atoms with van der Waals surface area (Å²) in [5.41, 5.74) is 0.251. The summed E-state index contributed by atoms with van der Waals surface area (Å²) < 4.78 is 4.41. The smallest absolute Gasteiger partial charge is 0.347 e. The minimum atomic E-state index is -1.60. The maximum absolute atomic E-state index is 11.5. The molecule has 0 amide bonds. The van der Waals surface area contributed by atoms with Crippen molar-refractivity contribution < 1.29 is 24.5 Å². The molecule has 0 saturated carbocycles. The van der Waals surface area contributed by atoms with E-state index in [4.69, 9.17) is 11.6 Å².